The number of rotatable bonds is 3. The van der Waals surface area contributed by atoms with E-state index in [2.05, 4.69) is 5.32 Å². The van der Waals surface area contributed by atoms with Crippen molar-refractivity contribution in [2.75, 3.05) is 0 Å². The third-order valence-corrected chi connectivity index (χ3v) is 4.86. The molecule has 1 atom stereocenters. The van der Waals surface area contributed by atoms with Crippen molar-refractivity contribution in [1.29, 1.82) is 0 Å². The Morgan fingerprint density at radius 2 is 1.65 bits per heavy atom. The molecule has 136 valence electrons. The average molecular weight is 361 g/mol. The van der Waals surface area contributed by atoms with Gasteiger partial charge in [0, 0.05) is 6.04 Å². The molecular formula is C13H22F3NO5S. The smallest absolute Gasteiger partial charge is 0.408 e. The third-order valence-electron chi connectivity index (χ3n) is 3.56. The average Bonchev–Trinajstić information content (AvgIpc) is 2.25. The zero-order valence-electron chi connectivity index (χ0n) is 13.2. The van der Waals surface area contributed by atoms with Crippen molar-refractivity contribution < 1.29 is 35.7 Å². The minimum Gasteiger partial charge on any atom is -0.444 e. The second-order valence-corrected chi connectivity index (χ2v) is 8.27. The number of carbonyl (C=O) groups is 1. The molecule has 6 nitrogen and oxygen atoms in total. The lowest BCUT2D eigenvalue weighted by atomic mass is 9.83. The van der Waals surface area contributed by atoms with Crippen molar-refractivity contribution in [1.82, 2.24) is 5.32 Å². The molecule has 0 aromatic carbocycles. The molecule has 0 aliphatic heterocycles. The van der Waals surface area contributed by atoms with Crippen LogP contribution in [-0.4, -0.2) is 42.1 Å². The van der Waals surface area contributed by atoms with Gasteiger partial charge in [0.25, 0.3) is 10.1 Å². The van der Waals surface area contributed by atoms with E-state index in [9.17, 15) is 26.4 Å². The lowest BCUT2D eigenvalue weighted by Crippen LogP contribution is -2.47. The molecule has 0 radical (unpaired) electrons. The number of amides is 1. The van der Waals surface area contributed by atoms with Gasteiger partial charge in [-0.25, -0.2) is 4.79 Å². The summed E-state index contributed by atoms with van der Waals surface area (Å²) in [6.07, 6.45) is -5.44. The number of hydrogen-bond acceptors (Lipinski definition) is 4. The van der Waals surface area contributed by atoms with Crippen LogP contribution in [-0.2, 0) is 14.9 Å². The Morgan fingerprint density at radius 1 is 1.17 bits per heavy atom. The molecule has 0 aromatic heterocycles. The van der Waals surface area contributed by atoms with Gasteiger partial charge in [-0.3, -0.25) is 4.55 Å². The second kappa shape index (κ2) is 6.84. The molecule has 1 aliphatic carbocycles. The van der Waals surface area contributed by atoms with Gasteiger partial charge in [0.05, 0.1) is 0 Å². The number of hydrogen-bond donors (Lipinski definition) is 2. The number of nitrogens with one attached hydrogen (secondary N) is 1. The van der Waals surface area contributed by atoms with Crippen LogP contribution < -0.4 is 5.32 Å². The zero-order valence-corrected chi connectivity index (χ0v) is 14.0. The number of carbonyl (C=O) groups excluding carboxylic acids is 1. The van der Waals surface area contributed by atoms with E-state index in [4.69, 9.17) is 9.29 Å². The van der Waals surface area contributed by atoms with Crippen molar-refractivity contribution in [3.8, 4) is 0 Å². The molecule has 0 heterocycles. The maximum atomic E-state index is 12.9. The molecule has 2 N–H and O–H groups in total. The fourth-order valence-electron chi connectivity index (χ4n) is 2.72. The summed E-state index contributed by atoms with van der Waals surface area (Å²) < 4.78 is 74.6. The first kappa shape index (κ1) is 20.0. The monoisotopic (exact) mass is 361 g/mol. The molecule has 1 saturated carbocycles. The zero-order chi connectivity index (χ0) is 18.1. The Bertz CT molecular complexity index is 519. The van der Waals surface area contributed by atoms with Crippen LogP contribution in [0.1, 0.15) is 46.5 Å². The molecular weight excluding hydrogens is 339 g/mol. The van der Waals surface area contributed by atoms with Gasteiger partial charge in [0.2, 0.25) is 0 Å². The highest BCUT2D eigenvalue weighted by atomic mass is 32.2. The largest absolute Gasteiger partial charge is 0.444 e. The number of halogens is 3. The lowest BCUT2D eigenvalue weighted by molar-refractivity contribution is -0.143. The summed E-state index contributed by atoms with van der Waals surface area (Å²) in [6, 6.07) is -0.378. The lowest BCUT2D eigenvalue weighted by Gasteiger charge is -2.33. The van der Waals surface area contributed by atoms with Gasteiger partial charge in [0.1, 0.15) is 5.60 Å². The van der Waals surface area contributed by atoms with E-state index in [1.807, 2.05) is 0 Å². The Morgan fingerprint density at radius 3 is 2.00 bits per heavy atom. The third kappa shape index (κ3) is 6.54. The Hall–Kier alpha value is -1.03. The molecule has 10 heteroatoms. The summed E-state index contributed by atoms with van der Waals surface area (Å²) in [5, 5.41) is -0.222. The molecule has 1 fully saturated rings. The van der Waals surface area contributed by atoms with E-state index in [1.165, 1.54) is 0 Å². The summed E-state index contributed by atoms with van der Waals surface area (Å²) in [6.45, 7) is 5.05. The first-order valence-electron chi connectivity index (χ1n) is 7.22. The minimum absolute atomic E-state index is 0.0650. The van der Waals surface area contributed by atoms with Crippen molar-refractivity contribution >= 4 is 16.2 Å². The Labute approximate surface area is 133 Å². The predicted octanol–water partition coefficient (Wildman–Crippen LogP) is 2.89. The molecule has 1 amide bonds. The first-order chi connectivity index (χ1) is 10.2. The summed E-state index contributed by atoms with van der Waals surface area (Å²) in [7, 11) is -5.22. The van der Waals surface area contributed by atoms with Crippen LogP contribution in [0.15, 0.2) is 0 Å². The van der Waals surface area contributed by atoms with Crippen molar-refractivity contribution in [2.24, 2.45) is 5.92 Å². The van der Waals surface area contributed by atoms with Crippen LogP contribution in [0.3, 0.4) is 0 Å². The van der Waals surface area contributed by atoms with Gasteiger partial charge >= 0.3 is 12.3 Å². The molecule has 0 spiro atoms. The van der Waals surface area contributed by atoms with Crippen LogP contribution in [0, 0.1) is 5.92 Å². The highest BCUT2D eigenvalue weighted by Gasteiger charge is 2.53. The van der Waals surface area contributed by atoms with Gasteiger partial charge in [0.15, 0.2) is 5.25 Å². The van der Waals surface area contributed by atoms with E-state index < -0.39 is 39.2 Å². The summed E-state index contributed by atoms with van der Waals surface area (Å²) in [4.78, 5) is 11.6. The van der Waals surface area contributed by atoms with E-state index in [-0.39, 0.29) is 31.7 Å². The van der Waals surface area contributed by atoms with Gasteiger partial charge in [-0.05, 0) is 52.4 Å². The topological polar surface area (TPSA) is 92.7 Å². The van der Waals surface area contributed by atoms with E-state index in [0.29, 0.717) is 0 Å². The van der Waals surface area contributed by atoms with Gasteiger partial charge in [-0.1, -0.05) is 0 Å². The number of ether oxygens (including phenoxy) is 1. The SMILES string of the molecule is CC(C)(C)OC(=O)NC1CCC(C(C(F)(F)F)S(=O)(=O)O)CC1. The summed E-state index contributed by atoms with van der Waals surface area (Å²) in [5.74, 6) is -1.22. The standard InChI is InChI=1S/C13H22F3NO5S/c1-12(2,3)22-11(18)17-9-6-4-8(5-7-9)10(13(14,15)16)23(19,20)21/h8-10H,4-7H2,1-3H3,(H,17,18)(H,19,20,21). The van der Waals surface area contributed by atoms with Crippen LogP contribution in [0.5, 0.6) is 0 Å². The summed E-state index contributed by atoms with van der Waals surface area (Å²) >= 11 is 0. The van der Waals surface area contributed by atoms with E-state index >= 15 is 0 Å². The molecule has 0 aromatic rings. The summed E-state index contributed by atoms with van der Waals surface area (Å²) in [5.41, 5.74) is -0.687. The first-order valence-corrected chi connectivity index (χ1v) is 8.73. The van der Waals surface area contributed by atoms with Crippen molar-refractivity contribution in [2.45, 2.75) is 69.5 Å². The normalized spacial score (nSPS) is 24.8. The predicted molar refractivity (Wildman–Crippen MR) is 76.5 cm³/mol. The van der Waals surface area contributed by atoms with Crippen LogP contribution in [0.4, 0.5) is 18.0 Å². The Balaban J connectivity index is 2.63. The quantitative estimate of drug-likeness (QED) is 0.754. The fourth-order valence-corrected chi connectivity index (χ4v) is 3.82. The minimum atomic E-state index is -5.22. The highest BCUT2D eigenvalue weighted by Crippen LogP contribution is 2.38. The van der Waals surface area contributed by atoms with Crippen molar-refractivity contribution in [3.63, 3.8) is 0 Å². The number of alkyl carbamates (subject to hydrolysis) is 1. The maximum absolute atomic E-state index is 12.9. The van der Waals surface area contributed by atoms with Crippen molar-refractivity contribution in [3.05, 3.63) is 0 Å². The van der Waals surface area contributed by atoms with Gasteiger partial charge < -0.3 is 10.1 Å². The van der Waals surface area contributed by atoms with Crippen LogP contribution in [0.2, 0.25) is 0 Å². The molecule has 1 aliphatic rings. The molecule has 0 bridgehead atoms. The maximum Gasteiger partial charge on any atom is 0.408 e. The highest BCUT2D eigenvalue weighted by molar-refractivity contribution is 7.86. The fraction of sp³-hybridized carbons (Fsp3) is 0.923. The van der Waals surface area contributed by atoms with Crippen LogP contribution in [0.25, 0.3) is 0 Å². The molecule has 0 saturated heterocycles. The van der Waals surface area contributed by atoms with Gasteiger partial charge in [-0.15, -0.1) is 0 Å². The molecule has 23 heavy (non-hydrogen) atoms. The van der Waals surface area contributed by atoms with Gasteiger partial charge in [-0.2, -0.15) is 21.6 Å². The number of alkyl halides is 3. The molecule has 1 unspecified atom stereocenters. The van der Waals surface area contributed by atoms with E-state index in [0.717, 1.165) is 0 Å². The van der Waals surface area contributed by atoms with E-state index in [1.54, 1.807) is 20.8 Å². The molecule has 1 rings (SSSR count). The van der Waals surface area contributed by atoms with Crippen LogP contribution >= 0.6 is 0 Å². The Kier molecular flexibility index (Phi) is 5.95. The second-order valence-electron chi connectivity index (χ2n) is 6.74.